The Balaban J connectivity index is 1.67. The second-order valence-corrected chi connectivity index (χ2v) is 4.77. The van der Waals surface area contributed by atoms with Crippen LogP contribution in [0.25, 0.3) is 0 Å². The summed E-state index contributed by atoms with van der Waals surface area (Å²) in [6.45, 7) is 1.21. The summed E-state index contributed by atoms with van der Waals surface area (Å²) in [5.41, 5.74) is 5.80. The van der Waals surface area contributed by atoms with Crippen molar-refractivity contribution in [2.24, 2.45) is 11.1 Å². The van der Waals surface area contributed by atoms with E-state index in [2.05, 4.69) is 20.5 Å². The zero-order chi connectivity index (χ0) is 12.1. The van der Waals surface area contributed by atoms with Crippen LogP contribution in [0.4, 0.5) is 0 Å². The molecular weight excluding hydrogens is 218 g/mol. The highest BCUT2D eigenvalue weighted by Gasteiger charge is 2.37. The molecule has 0 radical (unpaired) electrons. The van der Waals surface area contributed by atoms with Crippen molar-refractivity contribution in [2.75, 3.05) is 13.1 Å². The van der Waals surface area contributed by atoms with Crippen molar-refractivity contribution in [3.8, 4) is 0 Å². The van der Waals surface area contributed by atoms with Gasteiger partial charge in [-0.1, -0.05) is 6.42 Å². The van der Waals surface area contributed by atoms with Crippen LogP contribution in [0.5, 0.6) is 0 Å². The number of rotatable bonds is 6. The number of carbonyl (C=O) groups excluding carboxylic acids is 1. The van der Waals surface area contributed by atoms with Gasteiger partial charge in [-0.25, -0.2) is 4.98 Å². The average molecular weight is 237 g/mol. The van der Waals surface area contributed by atoms with Crippen molar-refractivity contribution >= 4 is 5.91 Å². The summed E-state index contributed by atoms with van der Waals surface area (Å²) in [6, 6.07) is 0. The molecule has 0 atom stereocenters. The quantitative estimate of drug-likeness (QED) is 0.648. The van der Waals surface area contributed by atoms with Gasteiger partial charge in [0.1, 0.15) is 12.2 Å². The maximum Gasteiger partial charge on any atom is 0.220 e. The van der Waals surface area contributed by atoms with Gasteiger partial charge in [-0.3, -0.25) is 9.89 Å². The molecule has 1 aromatic heterocycles. The molecule has 1 aromatic rings. The first kappa shape index (κ1) is 12.0. The minimum absolute atomic E-state index is 0.0797. The Morgan fingerprint density at radius 1 is 1.59 bits per heavy atom. The fourth-order valence-corrected chi connectivity index (χ4v) is 2.20. The second kappa shape index (κ2) is 5.27. The minimum Gasteiger partial charge on any atom is -0.356 e. The third-order valence-corrected chi connectivity index (χ3v) is 3.53. The van der Waals surface area contributed by atoms with E-state index >= 15 is 0 Å². The monoisotopic (exact) mass is 237 g/mol. The van der Waals surface area contributed by atoms with Crippen molar-refractivity contribution in [1.29, 1.82) is 0 Å². The standard InChI is InChI=1S/C11H19N5O/c12-7-11(3-1-4-11)6-10(17)13-5-2-9-14-8-15-16-9/h8H,1-7,12H2,(H,13,17)(H,14,15,16). The van der Waals surface area contributed by atoms with E-state index in [-0.39, 0.29) is 11.3 Å². The fraction of sp³-hybridized carbons (Fsp3) is 0.727. The van der Waals surface area contributed by atoms with E-state index in [0.717, 1.165) is 18.7 Å². The molecule has 1 heterocycles. The van der Waals surface area contributed by atoms with Gasteiger partial charge in [0.15, 0.2) is 0 Å². The van der Waals surface area contributed by atoms with Gasteiger partial charge < -0.3 is 11.1 Å². The van der Waals surface area contributed by atoms with E-state index in [1.165, 1.54) is 12.7 Å². The number of nitrogens with two attached hydrogens (primary N) is 1. The molecule has 1 amide bonds. The Bertz CT molecular complexity index is 352. The van der Waals surface area contributed by atoms with E-state index in [9.17, 15) is 4.79 Å². The molecule has 0 unspecified atom stereocenters. The molecule has 17 heavy (non-hydrogen) atoms. The lowest BCUT2D eigenvalue weighted by molar-refractivity contribution is -0.124. The lowest BCUT2D eigenvalue weighted by Gasteiger charge is -2.40. The molecule has 1 saturated carbocycles. The van der Waals surface area contributed by atoms with Crippen molar-refractivity contribution in [3.05, 3.63) is 12.2 Å². The van der Waals surface area contributed by atoms with Gasteiger partial charge in [0.05, 0.1) is 0 Å². The molecule has 1 aliphatic carbocycles. The predicted molar refractivity (Wildman–Crippen MR) is 63.1 cm³/mol. The second-order valence-electron chi connectivity index (χ2n) is 4.77. The van der Waals surface area contributed by atoms with Gasteiger partial charge in [-0.2, -0.15) is 5.10 Å². The number of hydrogen-bond donors (Lipinski definition) is 3. The van der Waals surface area contributed by atoms with Crippen molar-refractivity contribution in [3.63, 3.8) is 0 Å². The highest BCUT2D eigenvalue weighted by atomic mass is 16.1. The van der Waals surface area contributed by atoms with Crippen LogP contribution in [0.3, 0.4) is 0 Å². The number of aromatic amines is 1. The molecule has 1 fully saturated rings. The van der Waals surface area contributed by atoms with Crippen LogP contribution in [-0.2, 0) is 11.2 Å². The fourth-order valence-electron chi connectivity index (χ4n) is 2.20. The zero-order valence-corrected chi connectivity index (χ0v) is 9.91. The topological polar surface area (TPSA) is 96.7 Å². The summed E-state index contributed by atoms with van der Waals surface area (Å²) in [5, 5.41) is 9.41. The maximum absolute atomic E-state index is 11.7. The minimum atomic E-state index is 0.0797. The van der Waals surface area contributed by atoms with Crippen LogP contribution >= 0.6 is 0 Å². The van der Waals surface area contributed by atoms with Gasteiger partial charge in [0.25, 0.3) is 0 Å². The summed E-state index contributed by atoms with van der Waals surface area (Å²) in [5.74, 6) is 0.886. The average Bonchev–Trinajstić information content (AvgIpc) is 2.76. The number of nitrogens with zero attached hydrogens (tertiary/aromatic N) is 2. The van der Waals surface area contributed by atoms with Crippen molar-refractivity contribution in [2.45, 2.75) is 32.1 Å². The van der Waals surface area contributed by atoms with E-state index in [1.807, 2.05) is 0 Å². The van der Waals surface area contributed by atoms with Gasteiger partial charge in [-0.15, -0.1) is 0 Å². The number of H-pyrrole nitrogens is 1. The molecule has 2 rings (SSSR count). The first-order chi connectivity index (χ1) is 8.24. The SMILES string of the molecule is NCC1(CC(=O)NCCc2ncn[nH]2)CCC1. The van der Waals surface area contributed by atoms with Crippen LogP contribution in [0.15, 0.2) is 6.33 Å². The highest BCUT2D eigenvalue weighted by Crippen LogP contribution is 2.42. The van der Waals surface area contributed by atoms with Crippen LogP contribution in [-0.4, -0.2) is 34.2 Å². The van der Waals surface area contributed by atoms with Crippen LogP contribution in [0.2, 0.25) is 0 Å². The highest BCUT2D eigenvalue weighted by molar-refractivity contribution is 5.76. The first-order valence-corrected chi connectivity index (χ1v) is 6.05. The molecule has 4 N–H and O–H groups in total. The van der Waals surface area contributed by atoms with Crippen LogP contribution < -0.4 is 11.1 Å². The summed E-state index contributed by atoms with van der Waals surface area (Å²) >= 11 is 0. The summed E-state index contributed by atoms with van der Waals surface area (Å²) in [4.78, 5) is 15.7. The first-order valence-electron chi connectivity index (χ1n) is 6.05. The van der Waals surface area contributed by atoms with Gasteiger partial charge in [0, 0.05) is 19.4 Å². The normalized spacial score (nSPS) is 17.5. The zero-order valence-electron chi connectivity index (χ0n) is 9.91. The molecule has 1 aliphatic rings. The number of nitrogens with one attached hydrogen (secondary N) is 2. The van der Waals surface area contributed by atoms with Gasteiger partial charge in [0.2, 0.25) is 5.91 Å². The molecule has 0 aliphatic heterocycles. The smallest absolute Gasteiger partial charge is 0.220 e. The Morgan fingerprint density at radius 2 is 2.41 bits per heavy atom. The van der Waals surface area contributed by atoms with Crippen LogP contribution in [0, 0.1) is 5.41 Å². The Hall–Kier alpha value is -1.43. The van der Waals surface area contributed by atoms with Crippen LogP contribution in [0.1, 0.15) is 31.5 Å². The number of hydrogen-bond acceptors (Lipinski definition) is 4. The lowest BCUT2D eigenvalue weighted by atomic mass is 9.66. The molecule has 0 aromatic carbocycles. The summed E-state index contributed by atoms with van der Waals surface area (Å²) < 4.78 is 0. The molecule has 0 saturated heterocycles. The molecule has 0 spiro atoms. The number of aromatic nitrogens is 3. The third kappa shape index (κ3) is 3.03. The molecule has 6 nitrogen and oxygen atoms in total. The number of carbonyl (C=O) groups is 1. The molecular formula is C11H19N5O. The summed E-state index contributed by atoms with van der Waals surface area (Å²) in [7, 11) is 0. The lowest BCUT2D eigenvalue weighted by Crippen LogP contribution is -2.42. The Morgan fingerprint density at radius 3 is 2.94 bits per heavy atom. The Labute approximate surface area is 100 Å². The van der Waals surface area contributed by atoms with E-state index < -0.39 is 0 Å². The maximum atomic E-state index is 11.7. The predicted octanol–water partition coefficient (Wildman–Crippen LogP) is -0.0175. The van der Waals surface area contributed by atoms with E-state index in [0.29, 0.717) is 25.9 Å². The third-order valence-electron chi connectivity index (χ3n) is 3.53. The molecule has 6 heteroatoms. The molecule has 94 valence electrons. The Kier molecular flexibility index (Phi) is 3.73. The van der Waals surface area contributed by atoms with Crippen molar-refractivity contribution < 1.29 is 4.79 Å². The molecule has 0 bridgehead atoms. The van der Waals surface area contributed by atoms with Gasteiger partial charge in [-0.05, 0) is 24.8 Å². The van der Waals surface area contributed by atoms with Crippen molar-refractivity contribution in [1.82, 2.24) is 20.5 Å². The number of amides is 1. The van der Waals surface area contributed by atoms with E-state index in [4.69, 9.17) is 5.73 Å². The largest absolute Gasteiger partial charge is 0.356 e. The summed E-state index contributed by atoms with van der Waals surface area (Å²) in [6.07, 6.45) is 6.07. The van der Waals surface area contributed by atoms with Gasteiger partial charge >= 0.3 is 0 Å². The van der Waals surface area contributed by atoms with E-state index in [1.54, 1.807) is 0 Å².